The maximum absolute atomic E-state index is 5.00. The van der Waals surface area contributed by atoms with Crippen LogP contribution >= 0.6 is 0 Å². The van der Waals surface area contributed by atoms with E-state index in [1.54, 1.807) is 0 Å². The maximum atomic E-state index is 5.00. The van der Waals surface area contributed by atoms with Crippen LogP contribution in [0, 0.1) is 0 Å². The average Bonchev–Trinajstić information content (AvgIpc) is 1.62. The van der Waals surface area contributed by atoms with Crippen LogP contribution in [0.4, 0.5) is 0 Å². The highest BCUT2D eigenvalue weighted by Crippen LogP contribution is 1.90. The molecule has 0 spiro atoms. The SMILES string of the molecule is C1=C/COCOCC/1. The van der Waals surface area contributed by atoms with Crippen LogP contribution in [0.1, 0.15) is 6.42 Å². The largest absolute Gasteiger partial charge is 0.355 e. The van der Waals surface area contributed by atoms with Crippen molar-refractivity contribution < 1.29 is 9.47 Å². The molecular formula is C6H10O2. The van der Waals surface area contributed by atoms with Gasteiger partial charge in [0.1, 0.15) is 6.79 Å². The second-order valence-corrected chi connectivity index (χ2v) is 1.66. The third kappa shape index (κ3) is 2.09. The standard InChI is InChI=1S/C6H10O2/c1-2-4-7-6-8-5-3-1/h1-2H,3-6H2/b2-1+. The van der Waals surface area contributed by atoms with Crippen molar-refractivity contribution in [3.8, 4) is 0 Å². The first-order valence-electron chi connectivity index (χ1n) is 2.80. The van der Waals surface area contributed by atoms with E-state index < -0.39 is 0 Å². The molecule has 0 aromatic rings. The minimum Gasteiger partial charge on any atom is -0.355 e. The summed E-state index contributed by atoms with van der Waals surface area (Å²) in [5.74, 6) is 0. The van der Waals surface area contributed by atoms with Crippen molar-refractivity contribution in [3.05, 3.63) is 12.2 Å². The molecule has 0 saturated heterocycles. The third-order valence-electron chi connectivity index (χ3n) is 0.976. The summed E-state index contributed by atoms with van der Waals surface area (Å²) in [6.07, 6.45) is 5.10. The highest BCUT2D eigenvalue weighted by molar-refractivity contribution is 4.81. The summed E-state index contributed by atoms with van der Waals surface area (Å²) in [6, 6.07) is 0. The summed E-state index contributed by atoms with van der Waals surface area (Å²) in [4.78, 5) is 0. The molecule has 1 aliphatic rings. The molecule has 0 N–H and O–H groups in total. The lowest BCUT2D eigenvalue weighted by atomic mass is 10.4. The van der Waals surface area contributed by atoms with Gasteiger partial charge in [-0.05, 0) is 6.42 Å². The molecule has 0 amide bonds. The molecule has 0 unspecified atom stereocenters. The summed E-state index contributed by atoms with van der Waals surface area (Å²) in [6.45, 7) is 1.93. The Hall–Kier alpha value is -0.340. The Labute approximate surface area is 49.1 Å². The highest BCUT2D eigenvalue weighted by atomic mass is 16.7. The summed E-state index contributed by atoms with van der Waals surface area (Å²) < 4.78 is 9.97. The van der Waals surface area contributed by atoms with E-state index in [0.29, 0.717) is 13.4 Å². The minimum atomic E-state index is 0.449. The zero-order chi connectivity index (χ0) is 5.66. The van der Waals surface area contributed by atoms with Gasteiger partial charge in [0.05, 0.1) is 13.2 Å². The fourth-order valence-electron chi connectivity index (χ4n) is 0.571. The Bertz CT molecular complexity index is 68.6. The molecule has 0 radical (unpaired) electrons. The van der Waals surface area contributed by atoms with Crippen molar-refractivity contribution in [2.75, 3.05) is 20.0 Å². The van der Waals surface area contributed by atoms with E-state index in [0.717, 1.165) is 13.0 Å². The molecule has 1 aliphatic heterocycles. The average molecular weight is 114 g/mol. The highest BCUT2D eigenvalue weighted by Gasteiger charge is 1.88. The molecule has 0 saturated carbocycles. The van der Waals surface area contributed by atoms with Crippen LogP contribution in [0.5, 0.6) is 0 Å². The van der Waals surface area contributed by atoms with Crippen LogP contribution in [0.3, 0.4) is 0 Å². The Kier molecular flexibility index (Phi) is 2.63. The normalized spacial score (nSPS) is 26.0. The summed E-state index contributed by atoms with van der Waals surface area (Å²) >= 11 is 0. The zero-order valence-electron chi connectivity index (χ0n) is 4.80. The summed E-state index contributed by atoms with van der Waals surface area (Å²) in [5.41, 5.74) is 0. The first-order chi connectivity index (χ1) is 4.00. The van der Waals surface area contributed by atoms with Gasteiger partial charge in [0, 0.05) is 0 Å². The van der Waals surface area contributed by atoms with Gasteiger partial charge in [-0.15, -0.1) is 0 Å². The fraction of sp³-hybridized carbons (Fsp3) is 0.667. The van der Waals surface area contributed by atoms with Gasteiger partial charge in [-0.3, -0.25) is 0 Å². The Morgan fingerprint density at radius 3 is 3.12 bits per heavy atom. The lowest BCUT2D eigenvalue weighted by molar-refractivity contribution is -0.0452. The van der Waals surface area contributed by atoms with E-state index in [2.05, 4.69) is 6.08 Å². The van der Waals surface area contributed by atoms with Crippen molar-refractivity contribution in [1.82, 2.24) is 0 Å². The fourth-order valence-corrected chi connectivity index (χ4v) is 0.571. The number of rotatable bonds is 0. The van der Waals surface area contributed by atoms with E-state index in [4.69, 9.17) is 9.47 Å². The third-order valence-corrected chi connectivity index (χ3v) is 0.976. The van der Waals surface area contributed by atoms with Gasteiger partial charge in [-0.25, -0.2) is 0 Å². The molecule has 0 aliphatic carbocycles. The number of hydrogen-bond donors (Lipinski definition) is 0. The Morgan fingerprint density at radius 2 is 2.12 bits per heavy atom. The molecule has 2 nitrogen and oxygen atoms in total. The van der Waals surface area contributed by atoms with E-state index in [1.807, 2.05) is 6.08 Å². The predicted molar refractivity (Wildman–Crippen MR) is 30.5 cm³/mol. The van der Waals surface area contributed by atoms with Gasteiger partial charge in [0.25, 0.3) is 0 Å². The monoisotopic (exact) mass is 114 g/mol. The van der Waals surface area contributed by atoms with Crippen molar-refractivity contribution in [1.29, 1.82) is 0 Å². The minimum absolute atomic E-state index is 0.449. The molecule has 8 heavy (non-hydrogen) atoms. The molecule has 46 valence electrons. The molecule has 1 rings (SSSR count). The van der Waals surface area contributed by atoms with E-state index in [1.165, 1.54) is 0 Å². The van der Waals surface area contributed by atoms with Crippen LogP contribution in [0.2, 0.25) is 0 Å². The molecule has 0 atom stereocenters. The smallest absolute Gasteiger partial charge is 0.147 e. The Balaban J connectivity index is 2.17. The van der Waals surface area contributed by atoms with Gasteiger partial charge < -0.3 is 9.47 Å². The molecular weight excluding hydrogens is 104 g/mol. The molecule has 0 aromatic carbocycles. The van der Waals surface area contributed by atoms with Crippen molar-refractivity contribution in [2.24, 2.45) is 0 Å². The lowest BCUT2D eigenvalue weighted by Crippen LogP contribution is -2.03. The molecule has 2 heteroatoms. The first kappa shape index (κ1) is 5.79. The lowest BCUT2D eigenvalue weighted by Gasteiger charge is -2.04. The molecule has 0 bridgehead atoms. The van der Waals surface area contributed by atoms with Crippen LogP contribution in [-0.4, -0.2) is 20.0 Å². The van der Waals surface area contributed by atoms with E-state index >= 15 is 0 Å². The zero-order valence-corrected chi connectivity index (χ0v) is 4.80. The van der Waals surface area contributed by atoms with Crippen LogP contribution < -0.4 is 0 Å². The first-order valence-corrected chi connectivity index (χ1v) is 2.80. The topological polar surface area (TPSA) is 18.5 Å². The molecule has 0 aromatic heterocycles. The quantitative estimate of drug-likeness (QED) is 0.436. The van der Waals surface area contributed by atoms with Crippen LogP contribution in [-0.2, 0) is 9.47 Å². The maximum Gasteiger partial charge on any atom is 0.147 e. The second kappa shape index (κ2) is 3.64. The number of ether oxygens (including phenoxy) is 2. The van der Waals surface area contributed by atoms with Crippen LogP contribution in [0.15, 0.2) is 12.2 Å². The predicted octanol–water partition coefficient (Wildman–Crippen LogP) is 0.937. The van der Waals surface area contributed by atoms with Crippen molar-refractivity contribution >= 4 is 0 Å². The molecule has 0 fully saturated rings. The van der Waals surface area contributed by atoms with Crippen molar-refractivity contribution in [3.63, 3.8) is 0 Å². The molecule has 1 heterocycles. The summed E-state index contributed by atoms with van der Waals surface area (Å²) in [5, 5.41) is 0. The van der Waals surface area contributed by atoms with Gasteiger partial charge in [0.2, 0.25) is 0 Å². The van der Waals surface area contributed by atoms with Gasteiger partial charge in [0.15, 0.2) is 0 Å². The number of hydrogen-bond acceptors (Lipinski definition) is 2. The van der Waals surface area contributed by atoms with Crippen LogP contribution in [0.25, 0.3) is 0 Å². The van der Waals surface area contributed by atoms with Gasteiger partial charge >= 0.3 is 0 Å². The second-order valence-electron chi connectivity index (χ2n) is 1.66. The van der Waals surface area contributed by atoms with Gasteiger partial charge in [-0.2, -0.15) is 0 Å². The van der Waals surface area contributed by atoms with Gasteiger partial charge in [-0.1, -0.05) is 12.2 Å². The summed E-state index contributed by atoms with van der Waals surface area (Å²) in [7, 11) is 0. The van der Waals surface area contributed by atoms with Crippen molar-refractivity contribution in [2.45, 2.75) is 6.42 Å². The van der Waals surface area contributed by atoms with E-state index in [9.17, 15) is 0 Å². The Morgan fingerprint density at radius 1 is 1.12 bits per heavy atom. The van der Waals surface area contributed by atoms with E-state index in [-0.39, 0.29) is 0 Å².